The topological polar surface area (TPSA) is 116 Å². The maximum Gasteiger partial charge on any atom is 0.410 e. The summed E-state index contributed by atoms with van der Waals surface area (Å²) < 4.78 is 19.0. The fourth-order valence-electron chi connectivity index (χ4n) is 5.82. The summed E-state index contributed by atoms with van der Waals surface area (Å²) in [5, 5.41) is 14.3. The second-order valence-corrected chi connectivity index (χ2v) is 14.0. The third-order valence-electron chi connectivity index (χ3n) is 7.89. The van der Waals surface area contributed by atoms with Crippen LogP contribution in [0.1, 0.15) is 84.7 Å². The molecular weight excluding hydrogens is 560 g/mol. The van der Waals surface area contributed by atoms with E-state index in [0.29, 0.717) is 43.0 Å². The molecule has 4 heterocycles. The Morgan fingerprint density at radius 2 is 1.64 bits per heavy atom. The first-order valence-electron chi connectivity index (χ1n) is 15.7. The molecule has 0 saturated carbocycles. The van der Waals surface area contributed by atoms with Crippen molar-refractivity contribution in [3.05, 3.63) is 35.7 Å². The number of carbonyl (C=O) groups excluding carboxylic acids is 2. The van der Waals surface area contributed by atoms with Crippen LogP contribution in [0.15, 0.2) is 28.7 Å². The molecule has 11 heteroatoms. The molecular formula is C33H46N6O5. The van der Waals surface area contributed by atoms with Crippen LogP contribution in [0.5, 0.6) is 0 Å². The number of esters is 1. The lowest BCUT2D eigenvalue weighted by Crippen LogP contribution is -2.41. The lowest BCUT2D eigenvalue weighted by molar-refractivity contribution is -0.156. The van der Waals surface area contributed by atoms with Gasteiger partial charge in [0.05, 0.1) is 18.1 Å². The molecule has 0 atom stereocenters. The molecule has 238 valence electrons. The van der Waals surface area contributed by atoms with Crippen molar-refractivity contribution in [2.75, 3.05) is 32.7 Å². The third kappa shape index (κ3) is 8.05. The van der Waals surface area contributed by atoms with Gasteiger partial charge in [0.15, 0.2) is 5.69 Å². The predicted octanol–water partition coefficient (Wildman–Crippen LogP) is 6.03. The highest BCUT2D eigenvalue weighted by Crippen LogP contribution is 2.34. The number of benzene rings is 1. The fourth-order valence-corrected chi connectivity index (χ4v) is 5.82. The zero-order valence-corrected chi connectivity index (χ0v) is 27.1. The first kappa shape index (κ1) is 31.7. The highest BCUT2D eigenvalue weighted by atomic mass is 16.6. The molecule has 0 N–H and O–H groups in total. The van der Waals surface area contributed by atoms with Crippen molar-refractivity contribution in [1.82, 2.24) is 29.8 Å². The van der Waals surface area contributed by atoms with Crippen molar-refractivity contribution >= 4 is 29.0 Å². The van der Waals surface area contributed by atoms with Crippen molar-refractivity contribution < 1.29 is 23.5 Å². The summed E-state index contributed by atoms with van der Waals surface area (Å²) in [7, 11) is 0. The molecule has 1 amide bonds. The van der Waals surface area contributed by atoms with Gasteiger partial charge in [-0.3, -0.25) is 14.4 Å². The zero-order valence-electron chi connectivity index (χ0n) is 27.1. The van der Waals surface area contributed by atoms with Crippen molar-refractivity contribution in [3.8, 4) is 11.6 Å². The van der Waals surface area contributed by atoms with Gasteiger partial charge in [-0.1, -0.05) is 18.2 Å². The minimum absolute atomic E-state index is 0.182. The van der Waals surface area contributed by atoms with E-state index in [4.69, 9.17) is 19.0 Å². The summed E-state index contributed by atoms with van der Waals surface area (Å²) in [6.07, 6.45) is 7.69. The number of piperidine rings is 2. The van der Waals surface area contributed by atoms with Crippen molar-refractivity contribution in [1.29, 1.82) is 0 Å². The summed E-state index contributed by atoms with van der Waals surface area (Å²) >= 11 is 0. The Bertz CT molecular complexity index is 1490. The smallest absolute Gasteiger partial charge is 0.410 e. The number of aryl methyl sites for hydroxylation is 1. The molecule has 0 spiro atoms. The summed E-state index contributed by atoms with van der Waals surface area (Å²) in [5.41, 5.74) is 1.79. The lowest BCUT2D eigenvalue weighted by atomic mass is 9.95. The maximum atomic E-state index is 12.4. The van der Waals surface area contributed by atoms with E-state index < -0.39 is 11.2 Å². The normalized spacial score (nSPS) is 17.9. The number of carbonyl (C=O) groups is 2. The second-order valence-electron chi connectivity index (χ2n) is 14.0. The summed E-state index contributed by atoms with van der Waals surface area (Å²) in [6, 6.07) is 6.56. The quantitative estimate of drug-likeness (QED) is 0.310. The Morgan fingerprint density at radius 1 is 0.955 bits per heavy atom. The number of nitrogens with zero attached hydrogens (tertiary/aromatic N) is 6. The molecule has 11 nitrogen and oxygen atoms in total. The van der Waals surface area contributed by atoms with E-state index in [-0.39, 0.29) is 18.1 Å². The van der Waals surface area contributed by atoms with Crippen LogP contribution < -0.4 is 0 Å². The molecule has 5 rings (SSSR count). The van der Waals surface area contributed by atoms with E-state index in [0.717, 1.165) is 55.2 Å². The molecule has 2 aliphatic heterocycles. The van der Waals surface area contributed by atoms with Gasteiger partial charge < -0.3 is 18.8 Å². The third-order valence-corrected chi connectivity index (χ3v) is 7.89. The number of hydrogen-bond acceptors (Lipinski definition) is 9. The Hall–Kier alpha value is -3.73. The van der Waals surface area contributed by atoms with Crippen LogP contribution in [-0.2, 0) is 14.3 Å². The second kappa shape index (κ2) is 12.7. The van der Waals surface area contributed by atoms with E-state index in [9.17, 15) is 9.59 Å². The van der Waals surface area contributed by atoms with Crippen LogP contribution >= 0.6 is 0 Å². The first-order chi connectivity index (χ1) is 20.7. The van der Waals surface area contributed by atoms with Gasteiger partial charge >= 0.3 is 12.1 Å². The number of rotatable bonds is 6. The number of aromatic nitrogens is 4. The average molecular weight is 607 g/mol. The van der Waals surface area contributed by atoms with E-state index >= 15 is 0 Å². The number of likely N-dealkylation sites (tertiary alicyclic amines) is 2. The Morgan fingerprint density at radius 3 is 2.25 bits per heavy atom. The number of amides is 1. The summed E-state index contributed by atoms with van der Waals surface area (Å²) in [6.45, 7) is 16.4. The largest absolute Gasteiger partial charge is 0.459 e. The molecule has 3 aromatic rings. The van der Waals surface area contributed by atoms with E-state index in [1.807, 2.05) is 41.5 Å². The number of allylic oxidation sites excluding steroid dienone is 1. The van der Waals surface area contributed by atoms with Crippen LogP contribution in [-0.4, -0.2) is 85.8 Å². The molecule has 1 aromatic carbocycles. The molecule has 2 aliphatic rings. The number of fused-ring (bicyclic) bond motifs is 1. The van der Waals surface area contributed by atoms with Crippen molar-refractivity contribution in [2.45, 2.75) is 91.4 Å². The van der Waals surface area contributed by atoms with E-state index in [1.165, 1.54) is 0 Å². The first-order valence-corrected chi connectivity index (χ1v) is 15.7. The van der Waals surface area contributed by atoms with Crippen LogP contribution in [0, 0.1) is 12.8 Å². The Kier molecular flexibility index (Phi) is 9.15. The monoisotopic (exact) mass is 606 g/mol. The number of ether oxygens (including phenoxy) is 2. The molecule has 0 unspecified atom stereocenters. The maximum absolute atomic E-state index is 12.4. The zero-order chi connectivity index (χ0) is 31.6. The van der Waals surface area contributed by atoms with Gasteiger partial charge in [-0.25, -0.2) is 4.79 Å². The van der Waals surface area contributed by atoms with Crippen LogP contribution in [0.3, 0.4) is 0 Å². The fraction of sp³-hybridized carbons (Fsp3) is 0.606. The SMILES string of the molecule is Cc1nnc(-c2nn(C3CCN(CC(=O)OC(C)(C)C)CC3)c3ccc(C=CC4CCN(C(=O)OC(C)(C)C)CC4)cc23)o1. The highest BCUT2D eigenvalue weighted by molar-refractivity contribution is 5.93. The molecule has 0 radical (unpaired) electrons. The highest BCUT2D eigenvalue weighted by Gasteiger charge is 2.28. The van der Waals surface area contributed by atoms with Crippen LogP contribution in [0.4, 0.5) is 4.79 Å². The summed E-state index contributed by atoms with van der Waals surface area (Å²) in [5.74, 6) is 1.09. The van der Waals surface area contributed by atoms with Crippen molar-refractivity contribution in [3.63, 3.8) is 0 Å². The molecule has 2 fully saturated rings. The number of hydrogen-bond donors (Lipinski definition) is 0. The Labute approximate surface area is 259 Å². The minimum atomic E-state index is -0.488. The van der Waals surface area contributed by atoms with Gasteiger partial charge in [-0.15, -0.1) is 10.2 Å². The van der Waals surface area contributed by atoms with Gasteiger partial charge in [0, 0.05) is 38.5 Å². The van der Waals surface area contributed by atoms with Gasteiger partial charge in [-0.05, 0) is 90.8 Å². The lowest BCUT2D eigenvalue weighted by Gasteiger charge is -2.32. The summed E-state index contributed by atoms with van der Waals surface area (Å²) in [4.78, 5) is 28.7. The van der Waals surface area contributed by atoms with Gasteiger partial charge in [0.1, 0.15) is 11.2 Å². The Balaban J connectivity index is 1.29. The molecule has 2 aromatic heterocycles. The van der Waals surface area contributed by atoms with Gasteiger partial charge in [-0.2, -0.15) is 5.10 Å². The van der Waals surface area contributed by atoms with Crippen LogP contribution in [0.2, 0.25) is 0 Å². The van der Waals surface area contributed by atoms with E-state index in [1.54, 1.807) is 11.8 Å². The predicted molar refractivity (Wildman–Crippen MR) is 168 cm³/mol. The molecule has 0 bridgehead atoms. The molecule has 0 aliphatic carbocycles. The standard InChI is InChI=1S/C33H46N6O5/c1-22-34-35-30(42-22)29-26-20-24(9-8-23-12-18-38(19-13-23)31(41)44-33(5,6)7)10-11-27(26)39(36-29)25-14-16-37(17-15-25)21-28(40)43-32(2,3)4/h8-11,20,23,25H,12-19,21H2,1-7H3. The minimum Gasteiger partial charge on any atom is -0.459 e. The van der Waals surface area contributed by atoms with Crippen molar-refractivity contribution in [2.24, 2.45) is 5.92 Å². The average Bonchev–Trinajstić information content (AvgIpc) is 3.54. The molecule has 2 saturated heterocycles. The van der Waals surface area contributed by atoms with Gasteiger partial charge in [0.25, 0.3) is 5.89 Å². The molecule has 44 heavy (non-hydrogen) atoms. The van der Waals surface area contributed by atoms with Crippen LogP contribution in [0.25, 0.3) is 28.6 Å². The van der Waals surface area contributed by atoms with E-state index in [2.05, 4.69) is 50.1 Å². The van der Waals surface area contributed by atoms with Gasteiger partial charge in [0.2, 0.25) is 5.89 Å².